The minimum absolute atomic E-state index is 0.0860. The summed E-state index contributed by atoms with van der Waals surface area (Å²) in [5.74, 6) is -0.598. The highest BCUT2D eigenvalue weighted by Gasteiger charge is 2.36. The van der Waals surface area contributed by atoms with Gasteiger partial charge in [0.1, 0.15) is 5.82 Å². The minimum Gasteiger partial charge on any atom is -0.427 e. The van der Waals surface area contributed by atoms with Gasteiger partial charge in [-0.25, -0.2) is 21.8 Å². The molecule has 153 valence electrons. The molecule has 0 saturated carbocycles. The summed E-state index contributed by atoms with van der Waals surface area (Å²) in [4.78, 5) is 4.08. The van der Waals surface area contributed by atoms with Crippen LogP contribution in [0.5, 0.6) is 0 Å². The molecule has 29 heavy (non-hydrogen) atoms. The van der Waals surface area contributed by atoms with Crippen molar-refractivity contribution in [3.8, 4) is 0 Å². The van der Waals surface area contributed by atoms with E-state index < -0.39 is 27.0 Å². The average Bonchev–Trinajstić information content (AvgIpc) is 2.98. The van der Waals surface area contributed by atoms with Gasteiger partial charge in [-0.05, 0) is 58.3 Å². The first-order valence-corrected chi connectivity index (χ1v) is 10.5. The number of rotatable bonds is 6. The fraction of sp³-hybridized carbons (Fsp3) is 0.350. The number of halogens is 1. The quantitative estimate of drug-likeness (QED) is 0.624. The summed E-state index contributed by atoms with van der Waals surface area (Å²) >= 11 is 0. The fourth-order valence-electron chi connectivity index (χ4n) is 2.53. The SMILES string of the molecule is Cc1ccc(S(=O)(=O)n2cc([B]OC(C)(C)C(C)(C)O)c3cc(F)cnc32)cc1. The second kappa shape index (κ2) is 7.23. The molecule has 2 heterocycles. The number of aliphatic hydroxyl groups is 1. The van der Waals surface area contributed by atoms with Crippen LogP contribution in [0.25, 0.3) is 11.0 Å². The largest absolute Gasteiger partial charge is 0.427 e. The third-order valence-electron chi connectivity index (χ3n) is 5.14. The van der Waals surface area contributed by atoms with Crippen molar-refractivity contribution in [2.45, 2.75) is 50.7 Å². The standard InChI is InChI=1S/C20H23BFN2O4S/c1-13-6-8-15(9-7-13)29(26,27)24-12-17(16-10-14(22)11-23-18(16)24)21-28-20(4,5)19(2,3)25/h6-12,25H,1-5H3. The number of fused-ring (bicyclic) bond motifs is 1. The fourth-order valence-corrected chi connectivity index (χ4v) is 3.87. The molecule has 0 amide bonds. The van der Waals surface area contributed by atoms with Crippen LogP contribution in [0.4, 0.5) is 4.39 Å². The Morgan fingerprint density at radius 3 is 2.38 bits per heavy atom. The lowest BCUT2D eigenvalue weighted by molar-refractivity contribution is -0.0893. The van der Waals surface area contributed by atoms with E-state index >= 15 is 0 Å². The molecule has 0 aliphatic heterocycles. The van der Waals surface area contributed by atoms with Crippen molar-refractivity contribution < 1.29 is 22.6 Å². The summed E-state index contributed by atoms with van der Waals surface area (Å²) < 4.78 is 46.9. The molecule has 1 N–H and O–H groups in total. The highest BCUT2D eigenvalue weighted by atomic mass is 32.2. The summed E-state index contributed by atoms with van der Waals surface area (Å²) in [6.45, 7) is 8.47. The monoisotopic (exact) mass is 417 g/mol. The van der Waals surface area contributed by atoms with Crippen LogP contribution in [0.2, 0.25) is 0 Å². The van der Waals surface area contributed by atoms with E-state index in [0.717, 1.165) is 15.7 Å². The van der Waals surface area contributed by atoms with Crippen LogP contribution in [0, 0.1) is 12.7 Å². The number of benzene rings is 1. The molecule has 0 fully saturated rings. The van der Waals surface area contributed by atoms with Crippen LogP contribution in [0.1, 0.15) is 33.3 Å². The predicted molar refractivity (Wildman–Crippen MR) is 110 cm³/mol. The van der Waals surface area contributed by atoms with Gasteiger partial charge in [0.25, 0.3) is 10.0 Å². The maximum atomic E-state index is 13.8. The van der Waals surface area contributed by atoms with Crippen LogP contribution in [0.15, 0.2) is 47.6 Å². The third-order valence-corrected chi connectivity index (χ3v) is 6.81. The van der Waals surface area contributed by atoms with Gasteiger partial charge >= 0.3 is 7.48 Å². The molecule has 6 nitrogen and oxygen atoms in total. The van der Waals surface area contributed by atoms with Crippen LogP contribution < -0.4 is 5.46 Å². The number of hydrogen-bond donors (Lipinski definition) is 1. The molecule has 3 rings (SSSR count). The first-order chi connectivity index (χ1) is 13.3. The molecule has 1 radical (unpaired) electrons. The topological polar surface area (TPSA) is 81.4 Å². The highest BCUT2D eigenvalue weighted by Crippen LogP contribution is 2.25. The lowest BCUT2D eigenvalue weighted by Gasteiger charge is -2.37. The molecule has 0 aliphatic carbocycles. The number of aromatic nitrogens is 2. The van der Waals surface area contributed by atoms with Gasteiger partial charge in [0.05, 0.1) is 22.3 Å². The second-order valence-corrected chi connectivity index (χ2v) is 9.84. The van der Waals surface area contributed by atoms with E-state index in [2.05, 4.69) is 4.98 Å². The van der Waals surface area contributed by atoms with Crippen LogP contribution in [-0.4, -0.2) is 41.2 Å². The van der Waals surface area contributed by atoms with Gasteiger partial charge in [0, 0.05) is 11.6 Å². The van der Waals surface area contributed by atoms with E-state index in [4.69, 9.17) is 4.65 Å². The lowest BCUT2D eigenvalue weighted by Crippen LogP contribution is -2.49. The first-order valence-electron chi connectivity index (χ1n) is 9.05. The van der Waals surface area contributed by atoms with Gasteiger partial charge < -0.3 is 9.76 Å². The minimum atomic E-state index is -3.95. The summed E-state index contributed by atoms with van der Waals surface area (Å²) in [6, 6.07) is 7.63. The Bertz CT molecular complexity index is 1150. The van der Waals surface area contributed by atoms with Crippen LogP contribution in [-0.2, 0) is 14.7 Å². The molecular formula is C20H23BFN2O4S. The van der Waals surface area contributed by atoms with Gasteiger partial charge in [-0.1, -0.05) is 17.7 Å². The zero-order valence-electron chi connectivity index (χ0n) is 17.0. The Kier molecular flexibility index (Phi) is 5.36. The van der Waals surface area contributed by atoms with Gasteiger partial charge in [-0.3, -0.25) is 0 Å². The Morgan fingerprint density at radius 1 is 1.17 bits per heavy atom. The van der Waals surface area contributed by atoms with Crippen molar-refractivity contribution in [2.24, 2.45) is 0 Å². The van der Waals surface area contributed by atoms with Crippen molar-refractivity contribution in [3.63, 3.8) is 0 Å². The van der Waals surface area contributed by atoms with Crippen molar-refractivity contribution in [2.75, 3.05) is 0 Å². The molecule has 0 spiro atoms. The van der Waals surface area contributed by atoms with Gasteiger partial charge in [-0.15, -0.1) is 0 Å². The van der Waals surface area contributed by atoms with Crippen molar-refractivity contribution in [1.82, 2.24) is 8.96 Å². The van der Waals surface area contributed by atoms with Crippen molar-refractivity contribution in [1.29, 1.82) is 0 Å². The Morgan fingerprint density at radius 2 is 1.79 bits per heavy atom. The maximum Gasteiger partial charge on any atom is 0.333 e. The normalized spacial score (nSPS) is 13.1. The van der Waals surface area contributed by atoms with Crippen LogP contribution in [0.3, 0.4) is 0 Å². The molecule has 2 aromatic heterocycles. The second-order valence-electron chi connectivity index (χ2n) is 8.03. The number of aryl methyl sites for hydroxylation is 1. The van der Waals surface area contributed by atoms with Gasteiger partial charge in [-0.2, -0.15) is 0 Å². The summed E-state index contributed by atoms with van der Waals surface area (Å²) in [5, 5.41) is 10.6. The van der Waals surface area contributed by atoms with Gasteiger partial charge in [0.2, 0.25) is 0 Å². The number of nitrogens with zero attached hydrogens (tertiary/aromatic N) is 2. The Hall–Kier alpha value is -2.23. The van der Waals surface area contributed by atoms with E-state index in [1.54, 1.807) is 39.8 Å². The summed E-state index contributed by atoms with van der Waals surface area (Å²) in [6.07, 6.45) is 2.31. The Balaban J connectivity index is 2.10. The molecular weight excluding hydrogens is 394 g/mol. The summed E-state index contributed by atoms with van der Waals surface area (Å²) in [5.41, 5.74) is -0.794. The van der Waals surface area contributed by atoms with E-state index in [1.807, 2.05) is 6.92 Å². The molecule has 0 aliphatic rings. The molecule has 0 saturated heterocycles. The van der Waals surface area contributed by atoms with Crippen molar-refractivity contribution >= 4 is 34.0 Å². The number of hydrogen-bond acceptors (Lipinski definition) is 5. The molecule has 1 aromatic carbocycles. The molecule has 0 atom stereocenters. The molecule has 9 heteroatoms. The number of pyridine rings is 1. The predicted octanol–water partition coefficient (Wildman–Crippen LogP) is 2.53. The lowest BCUT2D eigenvalue weighted by atomic mass is 9.83. The summed E-state index contributed by atoms with van der Waals surface area (Å²) in [7, 11) is -2.63. The molecule has 3 aromatic rings. The molecule has 0 unspecified atom stereocenters. The zero-order valence-corrected chi connectivity index (χ0v) is 17.8. The van der Waals surface area contributed by atoms with Crippen LogP contribution >= 0.6 is 0 Å². The smallest absolute Gasteiger partial charge is 0.333 e. The zero-order chi connectivity index (χ0) is 21.6. The highest BCUT2D eigenvalue weighted by molar-refractivity contribution is 7.90. The first kappa shape index (κ1) is 21.5. The third kappa shape index (κ3) is 4.08. The van der Waals surface area contributed by atoms with Gasteiger partial charge in [0.15, 0.2) is 5.65 Å². The van der Waals surface area contributed by atoms with E-state index in [9.17, 15) is 17.9 Å². The van der Waals surface area contributed by atoms with E-state index in [1.165, 1.54) is 31.9 Å². The van der Waals surface area contributed by atoms with E-state index in [0.29, 0.717) is 5.46 Å². The Labute approximate surface area is 170 Å². The van der Waals surface area contributed by atoms with E-state index in [-0.39, 0.29) is 15.9 Å². The molecule has 0 bridgehead atoms. The van der Waals surface area contributed by atoms with Crippen molar-refractivity contribution in [3.05, 3.63) is 54.1 Å². The average molecular weight is 417 g/mol. The maximum absolute atomic E-state index is 13.8.